The van der Waals surface area contributed by atoms with Gasteiger partial charge in [-0.25, -0.2) is 0 Å². The highest BCUT2D eigenvalue weighted by Gasteiger charge is 2.19. The van der Waals surface area contributed by atoms with Gasteiger partial charge in [-0.2, -0.15) is 5.10 Å². The van der Waals surface area contributed by atoms with Gasteiger partial charge in [0, 0.05) is 5.56 Å². The third-order valence-corrected chi connectivity index (χ3v) is 3.52. The predicted molar refractivity (Wildman–Crippen MR) is 65.8 cm³/mol. The molecule has 2 heterocycles. The van der Waals surface area contributed by atoms with Crippen LogP contribution in [0.2, 0.25) is 5.15 Å². The van der Waals surface area contributed by atoms with Gasteiger partial charge < -0.3 is 11.1 Å². The third kappa shape index (κ3) is 2.56. The van der Waals surface area contributed by atoms with Gasteiger partial charge in [0.05, 0.1) is 12.2 Å². The number of hydrogen-bond donors (Lipinski definition) is 2. The Morgan fingerprint density at radius 1 is 1.50 bits per heavy atom. The maximum absolute atomic E-state index is 6.33. The Labute approximate surface area is 101 Å². The highest BCUT2D eigenvalue weighted by Crippen LogP contribution is 2.25. The molecule has 1 aromatic heterocycles. The van der Waals surface area contributed by atoms with E-state index in [2.05, 4.69) is 10.4 Å². The van der Waals surface area contributed by atoms with E-state index in [-0.39, 0.29) is 0 Å². The number of nitrogens with zero attached hydrogens (tertiary/aromatic N) is 2. The van der Waals surface area contributed by atoms with Gasteiger partial charge in [-0.15, -0.1) is 0 Å². The van der Waals surface area contributed by atoms with Gasteiger partial charge in [-0.05, 0) is 45.3 Å². The molecule has 2 rings (SSSR count). The number of piperidine rings is 1. The van der Waals surface area contributed by atoms with Crippen LogP contribution in [-0.4, -0.2) is 29.4 Å². The van der Waals surface area contributed by atoms with Crippen molar-refractivity contribution in [2.24, 2.45) is 5.73 Å². The summed E-state index contributed by atoms with van der Waals surface area (Å²) in [5.74, 6) is 0. The minimum Gasteiger partial charge on any atom is -0.330 e. The predicted octanol–water partition coefficient (Wildman–Crippen LogP) is 1.35. The Kier molecular flexibility index (Phi) is 4.21. The maximum atomic E-state index is 6.33. The van der Waals surface area contributed by atoms with Crippen molar-refractivity contribution in [1.29, 1.82) is 0 Å². The fourth-order valence-electron chi connectivity index (χ4n) is 2.15. The van der Waals surface area contributed by atoms with Crippen molar-refractivity contribution < 1.29 is 0 Å². The summed E-state index contributed by atoms with van der Waals surface area (Å²) < 4.78 is 1.98. The third-order valence-electron chi connectivity index (χ3n) is 3.11. The Morgan fingerprint density at radius 3 is 2.94 bits per heavy atom. The molecule has 1 aromatic rings. The summed E-state index contributed by atoms with van der Waals surface area (Å²) in [6, 6.07) is 0.459. The van der Waals surface area contributed by atoms with E-state index in [0.29, 0.717) is 12.6 Å². The molecule has 0 amide bonds. The highest BCUT2D eigenvalue weighted by molar-refractivity contribution is 6.30. The first kappa shape index (κ1) is 11.9. The van der Waals surface area contributed by atoms with Crippen LogP contribution in [0.25, 0.3) is 0 Å². The van der Waals surface area contributed by atoms with E-state index in [0.717, 1.165) is 49.5 Å². The lowest BCUT2D eigenvalue weighted by Gasteiger charge is -2.23. The lowest BCUT2D eigenvalue weighted by molar-refractivity contribution is 0.343. The summed E-state index contributed by atoms with van der Waals surface area (Å²) >= 11 is 6.33. The average Bonchev–Trinajstić information content (AvgIpc) is 2.69. The summed E-state index contributed by atoms with van der Waals surface area (Å²) in [6.07, 6.45) is 6.01. The first-order valence-corrected chi connectivity index (χ1v) is 6.33. The van der Waals surface area contributed by atoms with E-state index in [1.165, 1.54) is 0 Å². The van der Waals surface area contributed by atoms with E-state index >= 15 is 0 Å². The fraction of sp³-hybridized carbons (Fsp3) is 0.727. The SMILES string of the molecule is NCCCc1cnn(C2CCNCC2)c1Cl. The lowest BCUT2D eigenvalue weighted by Crippen LogP contribution is -2.29. The summed E-state index contributed by atoms with van der Waals surface area (Å²) in [4.78, 5) is 0. The van der Waals surface area contributed by atoms with Crippen molar-refractivity contribution in [2.45, 2.75) is 31.7 Å². The molecule has 0 radical (unpaired) electrons. The minimum absolute atomic E-state index is 0.459. The molecule has 1 fully saturated rings. The monoisotopic (exact) mass is 242 g/mol. The second-order valence-corrected chi connectivity index (χ2v) is 4.64. The van der Waals surface area contributed by atoms with E-state index in [4.69, 9.17) is 17.3 Å². The smallest absolute Gasteiger partial charge is 0.130 e. The van der Waals surface area contributed by atoms with Crippen LogP contribution in [-0.2, 0) is 6.42 Å². The molecule has 0 atom stereocenters. The molecule has 1 aliphatic heterocycles. The molecular formula is C11H19ClN4. The van der Waals surface area contributed by atoms with Crippen molar-refractivity contribution in [2.75, 3.05) is 19.6 Å². The average molecular weight is 243 g/mol. The molecule has 5 heteroatoms. The highest BCUT2D eigenvalue weighted by atomic mass is 35.5. The van der Waals surface area contributed by atoms with Gasteiger partial charge in [0.15, 0.2) is 0 Å². The van der Waals surface area contributed by atoms with Crippen LogP contribution in [0, 0.1) is 0 Å². The Hall–Kier alpha value is -0.580. The Balaban J connectivity index is 2.06. The number of hydrogen-bond acceptors (Lipinski definition) is 3. The van der Waals surface area contributed by atoms with Gasteiger partial charge in [-0.1, -0.05) is 11.6 Å². The quantitative estimate of drug-likeness (QED) is 0.838. The molecule has 0 spiro atoms. The topological polar surface area (TPSA) is 55.9 Å². The number of aromatic nitrogens is 2. The molecule has 0 saturated carbocycles. The molecule has 0 bridgehead atoms. The summed E-state index contributed by atoms with van der Waals surface area (Å²) in [7, 11) is 0. The second kappa shape index (κ2) is 5.66. The number of nitrogens with two attached hydrogens (primary N) is 1. The normalized spacial score (nSPS) is 17.9. The molecule has 4 nitrogen and oxygen atoms in total. The van der Waals surface area contributed by atoms with Gasteiger partial charge >= 0.3 is 0 Å². The van der Waals surface area contributed by atoms with Crippen molar-refractivity contribution in [3.05, 3.63) is 16.9 Å². The summed E-state index contributed by atoms with van der Waals surface area (Å²) in [5.41, 5.74) is 6.63. The maximum Gasteiger partial charge on any atom is 0.130 e. The Bertz CT molecular complexity index is 331. The first-order valence-electron chi connectivity index (χ1n) is 5.95. The first-order chi connectivity index (χ1) is 7.83. The molecule has 16 heavy (non-hydrogen) atoms. The second-order valence-electron chi connectivity index (χ2n) is 4.28. The molecular weight excluding hydrogens is 224 g/mol. The molecule has 1 saturated heterocycles. The zero-order chi connectivity index (χ0) is 11.4. The van der Waals surface area contributed by atoms with Gasteiger partial charge in [0.2, 0.25) is 0 Å². The Morgan fingerprint density at radius 2 is 2.25 bits per heavy atom. The summed E-state index contributed by atoms with van der Waals surface area (Å²) in [6.45, 7) is 2.81. The van der Waals surface area contributed by atoms with Gasteiger partial charge in [0.25, 0.3) is 0 Å². The lowest BCUT2D eigenvalue weighted by atomic mass is 10.1. The summed E-state index contributed by atoms with van der Waals surface area (Å²) in [5, 5.41) is 8.56. The van der Waals surface area contributed by atoms with E-state index in [1.807, 2.05) is 10.9 Å². The van der Waals surface area contributed by atoms with Gasteiger partial charge in [0.1, 0.15) is 5.15 Å². The van der Waals surface area contributed by atoms with Gasteiger partial charge in [-0.3, -0.25) is 4.68 Å². The van der Waals surface area contributed by atoms with Crippen LogP contribution in [0.3, 0.4) is 0 Å². The molecule has 90 valence electrons. The molecule has 0 aromatic carbocycles. The van der Waals surface area contributed by atoms with Crippen molar-refractivity contribution >= 4 is 11.6 Å². The largest absolute Gasteiger partial charge is 0.330 e. The number of aryl methyl sites for hydroxylation is 1. The van der Waals surface area contributed by atoms with Crippen molar-refractivity contribution in [3.63, 3.8) is 0 Å². The van der Waals surface area contributed by atoms with E-state index in [9.17, 15) is 0 Å². The molecule has 3 N–H and O–H groups in total. The zero-order valence-corrected chi connectivity index (χ0v) is 10.2. The van der Waals surface area contributed by atoms with Crippen molar-refractivity contribution in [3.8, 4) is 0 Å². The molecule has 1 aliphatic rings. The van der Waals surface area contributed by atoms with Crippen LogP contribution in [0.5, 0.6) is 0 Å². The fourth-order valence-corrected chi connectivity index (χ4v) is 2.47. The standard InChI is InChI=1S/C11H19ClN4/c12-11-9(2-1-5-13)8-15-16(11)10-3-6-14-7-4-10/h8,10,14H,1-7,13H2. The van der Waals surface area contributed by atoms with E-state index in [1.54, 1.807) is 0 Å². The van der Waals surface area contributed by atoms with Crippen molar-refractivity contribution in [1.82, 2.24) is 15.1 Å². The zero-order valence-electron chi connectivity index (χ0n) is 9.45. The van der Waals surface area contributed by atoms with E-state index < -0.39 is 0 Å². The number of rotatable bonds is 4. The van der Waals surface area contributed by atoms with Crippen LogP contribution in [0.4, 0.5) is 0 Å². The van der Waals surface area contributed by atoms with Crippen LogP contribution in [0.15, 0.2) is 6.20 Å². The minimum atomic E-state index is 0.459. The number of halogens is 1. The van der Waals surface area contributed by atoms with Crippen LogP contribution in [0.1, 0.15) is 30.9 Å². The molecule has 0 aliphatic carbocycles. The number of nitrogens with one attached hydrogen (secondary N) is 1. The molecule has 0 unspecified atom stereocenters. The van der Waals surface area contributed by atoms with Crippen LogP contribution >= 0.6 is 11.6 Å². The van der Waals surface area contributed by atoms with Crippen LogP contribution < -0.4 is 11.1 Å².